The molecule has 0 spiro atoms. The van der Waals surface area contributed by atoms with Gasteiger partial charge in [-0.3, -0.25) is 9.88 Å². The van der Waals surface area contributed by atoms with Crippen LogP contribution in [-0.4, -0.2) is 41.8 Å². The lowest BCUT2D eigenvalue weighted by molar-refractivity contribution is -0.0108. The maximum absolute atomic E-state index is 11.5. The van der Waals surface area contributed by atoms with Crippen molar-refractivity contribution in [3.8, 4) is 11.5 Å². The highest BCUT2D eigenvalue weighted by Gasteiger charge is 2.53. The van der Waals surface area contributed by atoms with Crippen molar-refractivity contribution in [1.82, 2.24) is 9.88 Å². The van der Waals surface area contributed by atoms with Gasteiger partial charge in [-0.25, -0.2) is 0 Å². The van der Waals surface area contributed by atoms with Gasteiger partial charge in [-0.15, -0.1) is 0 Å². The normalized spacial score (nSPS) is 27.0. The molecule has 150 valence electrons. The molecule has 1 aliphatic carbocycles. The average Bonchev–Trinajstić information content (AvgIpc) is 3.23. The molecule has 5 heteroatoms. The molecule has 1 aromatic carbocycles. The van der Waals surface area contributed by atoms with E-state index in [9.17, 15) is 5.11 Å². The van der Waals surface area contributed by atoms with Crippen molar-refractivity contribution in [2.24, 2.45) is 11.8 Å². The Bertz CT molecular complexity index is 823. The Morgan fingerprint density at radius 1 is 1.21 bits per heavy atom. The summed E-state index contributed by atoms with van der Waals surface area (Å²) >= 11 is 0. The second-order valence-corrected chi connectivity index (χ2v) is 8.16. The highest BCUT2D eigenvalue weighted by molar-refractivity contribution is 5.43. The van der Waals surface area contributed by atoms with E-state index >= 15 is 0 Å². The number of aliphatic hydroxyl groups is 1. The zero-order chi connectivity index (χ0) is 19.7. The van der Waals surface area contributed by atoms with E-state index in [1.807, 2.05) is 38.2 Å². The molecule has 0 unspecified atom stereocenters. The van der Waals surface area contributed by atoms with Crippen LogP contribution >= 0.6 is 0 Å². The Morgan fingerprint density at radius 2 is 2.07 bits per heavy atom. The van der Waals surface area contributed by atoms with E-state index < -0.39 is 5.60 Å². The minimum atomic E-state index is -0.802. The number of likely N-dealkylation sites (tertiary alicyclic amines) is 1. The summed E-state index contributed by atoms with van der Waals surface area (Å²) in [5.41, 5.74) is 2.36. The lowest BCUT2D eigenvalue weighted by Crippen LogP contribution is -2.35. The third-order valence-corrected chi connectivity index (χ3v) is 6.32. The first-order chi connectivity index (χ1) is 13.5. The number of nitrogens with zero attached hydrogens (tertiary/aromatic N) is 2. The summed E-state index contributed by atoms with van der Waals surface area (Å²) in [5, 5.41) is 11.5. The standard InChI is InChI=1S/C23H30N2O3/c1-4-28-21-11-17(6-7-20(21)27-3)13-25-14-18-9-10-23(26,19(18)15-25)22-8-5-16(2)12-24-22/h5-8,11-12,18-19,26H,4,9-10,13-15H2,1-3H3/t18-,19+,23-/m0/s1. The zero-order valence-electron chi connectivity index (χ0n) is 17.0. The first-order valence-electron chi connectivity index (χ1n) is 10.2. The molecule has 2 fully saturated rings. The van der Waals surface area contributed by atoms with Gasteiger partial charge in [0.25, 0.3) is 0 Å². The molecule has 28 heavy (non-hydrogen) atoms. The molecule has 0 amide bonds. The van der Waals surface area contributed by atoms with Gasteiger partial charge >= 0.3 is 0 Å². The minimum Gasteiger partial charge on any atom is -0.493 e. The number of aromatic nitrogens is 1. The van der Waals surface area contributed by atoms with Gasteiger partial charge in [-0.2, -0.15) is 0 Å². The van der Waals surface area contributed by atoms with E-state index in [4.69, 9.17) is 9.47 Å². The first kappa shape index (κ1) is 19.2. The average molecular weight is 383 g/mol. The van der Waals surface area contributed by atoms with E-state index in [0.29, 0.717) is 12.5 Å². The third kappa shape index (κ3) is 3.49. The maximum Gasteiger partial charge on any atom is 0.161 e. The van der Waals surface area contributed by atoms with Crippen molar-refractivity contribution in [2.45, 2.75) is 38.8 Å². The molecular weight excluding hydrogens is 352 g/mol. The molecule has 1 aromatic heterocycles. The Balaban J connectivity index is 1.48. The fourth-order valence-corrected chi connectivity index (χ4v) is 4.90. The van der Waals surface area contributed by atoms with Gasteiger partial charge in [0.1, 0.15) is 5.60 Å². The van der Waals surface area contributed by atoms with Crippen LogP contribution < -0.4 is 9.47 Å². The van der Waals surface area contributed by atoms with E-state index in [0.717, 1.165) is 55.2 Å². The number of methoxy groups -OCH3 is 1. The van der Waals surface area contributed by atoms with Crippen molar-refractivity contribution in [3.63, 3.8) is 0 Å². The summed E-state index contributed by atoms with van der Waals surface area (Å²) in [6.07, 6.45) is 3.73. The Morgan fingerprint density at radius 3 is 2.79 bits per heavy atom. The first-order valence-corrected chi connectivity index (χ1v) is 10.2. The van der Waals surface area contributed by atoms with Gasteiger partial charge in [0.15, 0.2) is 11.5 Å². The molecule has 1 saturated heterocycles. The number of fused-ring (bicyclic) bond motifs is 1. The molecule has 0 radical (unpaired) electrons. The predicted octanol–water partition coefficient (Wildman–Crippen LogP) is 3.53. The fraction of sp³-hybridized carbons (Fsp3) is 0.522. The van der Waals surface area contributed by atoms with Gasteiger partial charge < -0.3 is 14.6 Å². The van der Waals surface area contributed by atoms with Crippen LogP contribution in [0.4, 0.5) is 0 Å². The number of ether oxygens (including phenoxy) is 2. The van der Waals surface area contributed by atoms with Crippen molar-refractivity contribution in [2.75, 3.05) is 26.8 Å². The van der Waals surface area contributed by atoms with Crippen LogP contribution in [0.2, 0.25) is 0 Å². The maximum atomic E-state index is 11.5. The number of benzene rings is 1. The second kappa shape index (κ2) is 7.72. The SMILES string of the molecule is CCOc1cc(CN2C[C@@H]3CC[C@@](O)(c4ccc(C)cn4)[C@@H]3C2)ccc1OC. The van der Waals surface area contributed by atoms with Crippen LogP contribution in [0.1, 0.15) is 36.6 Å². The summed E-state index contributed by atoms with van der Waals surface area (Å²) in [7, 11) is 1.67. The highest BCUT2D eigenvalue weighted by Crippen LogP contribution is 2.50. The molecule has 1 aliphatic heterocycles. The number of hydrogen-bond donors (Lipinski definition) is 1. The molecule has 2 aromatic rings. The number of pyridine rings is 1. The quantitative estimate of drug-likeness (QED) is 0.828. The molecule has 0 bridgehead atoms. The number of rotatable bonds is 6. The third-order valence-electron chi connectivity index (χ3n) is 6.32. The second-order valence-electron chi connectivity index (χ2n) is 8.16. The Hall–Kier alpha value is -2.11. The lowest BCUT2D eigenvalue weighted by atomic mass is 9.85. The van der Waals surface area contributed by atoms with E-state index in [-0.39, 0.29) is 5.92 Å². The minimum absolute atomic E-state index is 0.243. The summed E-state index contributed by atoms with van der Waals surface area (Å²) < 4.78 is 11.1. The topological polar surface area (TPSA) is 54.8 Å². The van der Waals surface area contributed by atoms with Crippen molar-refractivity contribution >= 4 is 0 Å². The van der Waals surface area contributed by atoms with Crippen LogP contribution in [0.15, 0.2) is 36.5 Å². The largest absolute Gasteiger partial charge is 0.493 e. The van der Waals surface area contributed by atoms with Crippen LogP contribution in [-0.2, 0) is 12.1 Å². The molecule has 1 N–H and O–H groups in total. The fourth-order valence-electron chi connectivity index (χ4n) is 4.90. The zero-order valence-corrected chi connectivity index (χ0v) is 17.0. The smallest absolute Gasteiger partial charge is 0.161 e. The van der Waals surface area contributed by atoms with Crippen molar-refractivity contribution < 1.29 is 14.6 Å². The Labute approximate surface area is 167 Å². The molecule has 2 aliphatic rings. The van der Waals surface area contributed by atoms with Crippen molar-refractivity contribution in [3.05, 3.63) is 53.3 Å². The van der Waals surface area contributed by atoms with Gasteiger partial charge in [-0.1, -0.05) is 12.1 Å². The van der Waals surface area contributed by atoms with E-state index in [1.165, 1.54) is 5.56 Å². The van der Waals surface area contributed by atoms with Gasteiger partial charge in [0.2, 0.25) is 0 Å². The number of aryl methyl sites for hydroxylation is 1. The van der Waals surface area contributed by atoms with Gasteiger partial charge in [-0.05, 0) is 61.9 Å². The summed E-state index contributed by atoms with van der Waals surface area (Å²) in [4.78, 5) is 7.00. The van der Waals surface area contributed by atoms with E-state index in [2.05, 4.69) is 22.0 Å². The van der Waals surface area contributed by atoms with Crippen LogP contribution in [0.3, 0.4) is 0 Å². The molecule has 4 rings (SSSR count). The molecule has 3 atom stereocenters. The molecule has 2 heterocycles. The van der Waals surface area contributed by atoms with Crippen LogP contribution in [0, 0.1) is 18.8 Å². The van der Waals surface area contributed by atoms with Crippen LogP contribution in [0.5, 0.6) is 11.5 Å². The molecular formula is C23H30N2O3. The number of hydrogen-bond acceptors (Lipinski definition) is 5. The highest BCUT2D eigenvalue weighted by atomic mass is 16.5. The Kier molecular flexibility index (Phi) is 5.30. The molecule has 1 saturated carbocycles. The van der Waals surface area contributed by atoms with Gasteiger partial charge in [0, 0.05) is 31.7 Å². The summed E-state index contributed by atoms with van der Waals surface area (Å²) in [6, 6.07) is 10.2. The summed E-state index contributed by atoms with van der Waals surface area (Å²) in [5.74, 6) is 2.33. The summed E-state index contributed by atoms with van der Waals surface area (Å²) in [6.45, 7) is 7.40. The monoisotopic (exact) mass is 382 g/mol. The predicted molar refractivity (Wildman–Crippen MR) is 109 cm³/mol. The van der Waals surface area contributed by atoms with Crippen molar-refractivity contribution in [1.29, 1.82) is 0 Å². The molecule has 5 nitrogen and oxygen atoms in total. The van der Waals surface area contributed by atoms with Crippen LogP contribution in [0.25, 0.3) is 0 Å². The lowest BCUT2D eigenvalue weighted by Gasteiger charge is -2.30. The van der Waals surface area contributed by atoms with Gasteiger partial charge in [0.05, 0.1) is 19.4 Å². The van der Waals surface area contributed by atoms with E-state index in [1.54, 1.807) is 7.11 Å².